The molecule has 10 heteroatoms. The van der Waals surface area contributed by atoms with Gasteiger partial charge in [-0.05, 0) is 45.7 Å². The lowest BCUT2D eigenvalue weighted by Crippen LogP contribution is -2.47. The zero-order valence-corrected chi connectivity index (χ0v) is 18.2. The second-order valence-corrected chi connectivity index (χ2v) is 8.66. The average molecular weight is 423 g/mol. The second kappa shape index (κ2) is 8.75. The van der Waals surface area contributed by atoms with Crippen molar-refractivity contribution in [1.29, 1.82) is 0 Å². The Morgan fingerprint density at radius 3 is 2.28 bits per heavy atom. The van der Waals surface area contributed by atoms with E-state index in [1.807, 2.05) is 32.0 Å². The summed E-state index contributed by atoms with van der Waals surface area (Å²) in [5.41, 5.74) is 2.72. The first kappa shape index (κ1) is 22.6. The lowest BCUT2D eigenvalue weighted by Gasteiger charge is -2.22. The Bertz CT molecular complexity index is 989. The Balaban J connectivity index is 2.03. The zero-order chi connectivity index (χ0) is 21.9. The number of aryl methyl sites for hydroxylation is 4. The number of carbonyl (C=O) groups is 2. The molecule has 1 atom stereocenters. The first-order valence-corrected chi connectivity index (χ1v) is 10.5. The van der Waals surface area contributed by atoms with E-state index in [1.54, 1.807) is 0 Å². The maximum atomic E-state index is 12.6. The molecule has 0 fully saturated rings. The molecule has 0 radical (unpaired) electrons. The molecule has 29 heavy (non-hydrogen) atoms. The van der Waals surface area contributed by atoms with E-state index in [9.17, 15) is 18.0 Å². The largest absolute Gasteiger partial charge is 0.360 e. The molecule has 1 aromatic heterocycles. The van der Waals surface area contributed by atoms with Gasteiger partial charge in [-0.25, -0.2) is 8.42 Å². The van der Waals surface area contributed by atoms with Gasteiger partial charge in [-0.1, -0.05) is 23.4 Å². The van der Waals surface area contributed by atoms with Gasteiger partial charge in [-0.3, -0.25) is 9.59 Å². The van der Waals surface area contributed by atoms with E-state index in [4.69, 9.17) is 4.52 Å². The summed E-state index contributed by atoms with van der Waals surface area (Å²) in [5.74, 6) is -0.785. The van der Waals surface area contributed by atoms with Gasteiger partial charge in [0.25, 0.3) is 0 Å². The number of amides is 2. The quantitative estimate of drug-likeness (QED) is 0.700. The van der Waals surface area contributed by atoms with E-state index >= 15 is 0 Å². The SMILES string of the molecule is Cc1cccc(C)c1NC(=O)CN(C)C(=O)[C@H](C)NS(=O)(=O)c1c(C)noc1C. The molecule has 0 unspecified atom stereocenters. The van der Waals surface area contributed by atoms with Crippen LogP contribution in [0.3, 0.4) is 0 Å². The Morgan fingerprint density at radius 1 is 1.17 bits per heavy atom. The van der Waals surface area contributed by atoms with Gasteiger partial charge >= 0.3 is 0 Å². The van der Waals surface area contributed by atoms with Gasteiger partial charge in [-0.15, -0.1) is 0 Å². The standard InChI is InChI=1S/C19H26N4O5S/c1-11-8-7-9-12(2)17(11)20-16(24)10-23(6)19(25)14(4)22-29(26,27)18-13(3)21-28-15(18)5/h7-9,14,22H,10H2,1-6H3,(H,20,24)/t14-/m0/s1. The number of aromatic nitrogens is 1. The van der Waals surface area contributed by atoms with Crippen LogP contribution < -0.4 is 10.0 Å². The lowest BCUT2D eigenvalue weighted by molar-refractivity contribution is -0.134. The summed E-state index contributed by atoms with van der Waals surface area (Å²) in [7, 11) is -2.56. The van der Waals surface area contributed by atoms with Gasteiger partial charge < -0.3 is 14.7 Å². The number of rotatable bonds is 7. The number of benzene rings is 1. The normalized spacial score (nSPS) is 12.5. The van der Waals surface area contributed by atoms with Crippen LogP contribution in [0.1, 0.15) is 29.5 Å². The number of anilines is 1. The van der Waals surface area contributed by atoms with Crippen molar-refractivity contribution in [3.63, 3.8) is 0 Å². The number of para-hydroxylation sites is 1. The molecule has 2 N–H and O–H groups in total. The lowest BCUT2D eigenvalue weighted by atomic mass is 10.1. The van der Waals surface area contributed by atoms with Crippen LogP contribution in [0, 0.1) is 27.7 Å². The van der Waals surface area contributed by atoms with Crippen molar-refractivity contribution < 1.29 is 22.5 Å². The summed E-state index contributed by atoms with van der Waals surface area (Å²) in [5, 5.41) is 6.42. The minimum atomic E-state index is -4.00. The number of likely N-dealkylation sites (N-methyl/N-ethyl adjacent to an activating group) is 1. The molecule has 0 bridgehead atoms. The van der Waals surface area contributed by atoms with Crippen LogP contribution in [0.25, 0.3) is 0 Å². The third-order valence-electron chi connectivity index (χ3n) is 4.44. The zero-order valence-electron chi connectivity index (χ0n) is 17.4. The Labute approximate surface area is 170 Å². The van der Waals surface area contributed by atoms with Crippen molar-refractivity contribution in [3.8, 4) is 0 Å². The molecule has 9 nitrogen and oxygen atoms in total. The van der Waals surface area contributed by atoms with Crippen LogP contribution in [0.5, 0.6) is 0 Å². The van der Waals surface area contributed by atoms with Crippen LogP contribution in [0.2, 0.25) is 0 Å². The van der Waals surface area contributed by atoms with E-state index in [0.717, 1.165) is 11.1 Å². The number of sulfonamides is 1. The minimum Gasteiger partial charge on any atom is -0.360 e. The molecule has 0 aliphatic carbocycles. The van der Waals surface area contributed by atoms with E-state index in [-0.39, 0.29) is 28.8 Å². The number of nitrogens with one attached hydrogen (secondary N) is 2. The maximum Gasteiger partial charge on any atom is 0.246 e. The molecule has 0 aliphatic heterocycles. The molecule has 0 saturated carbocycles. The minimum absolute atomic E-state index is 0.0902. The topological polar surface area (TPSA) is 122 Å². The molecule has 2 aromatic rings. The van der Waals surface area contributed by atoms with Crippen molar-refractivity contribution >= 4 is 27.5 Å². The Kier molecular flexibility index (Phi) is 6.81. The number of hydrogen-bond acceptors (Lipinski definition) is 6. The summed E-state index contributed by atoms with van der Waals surface area (Å²) in [6, 6.07) is 4.57. The molecular weight excluding hydrogens is 396 g/mol. The third-order valence-corrected chi connectivity index (χ3v) is 6.23. The molecule has 2 amide bonds. The Hall–Kier alpha value is -2.72. The van der Waals surface area contributed by atoms with Gasteiger partial charge in [0.05, 0.1) is 12.6 Å². The molecule has 0 saturated heterocycles. The highest BCUT2D eigenvalue weighted by atomic mass is 32.2. The van der Waals surface area contributed by atoms with Crippen molar-refractivity contribution in [3.05, 3.63) is 40.8 Å². The number of nitrogens with zero attached hydrogens (tertiary/aromatic N) is 2. The summed E-state index contributed by atoms with van der Waals surface area (Å²) in [4.78, 5) is 26.0. The molecule has 0 spiro atoms. The van der Waals surface area contributed by atoms with Crippen LogP contribution in [-0.2, 0) is 19.6 Å². The highest BCUT2D eigenvalue weighted by molar-refractivity contribution is 7.89. The van der Waals surface area contributed by atoms with E-state index in [1.165, 1.54) is 32.7 Å². The molecule has 0 aliphatic rings. The molecule has 2 rings (SSSR count). The van der Waals surface area contributed by atoms with Gasteiger partial charge in [-0.2, -0.15) is 4.72 Å². The predicted molar refractivity (Wildman–Crippen MR) is 108 cm³/mol. The second-order valence-electron chi connectivity index (χ2n) is 7.01. The van der Waals surface area contributed by atoms with Gasteiger partial charge in [0.1, 0.15) is 10.6 Å². The molecular formula is C19H26N4O5S. The van der Waals surface area contributed by atoms with Crippen LogP contribution in [0.4, 0.5) is 5.69 Å². The molecule has 158 valence electrons. The van der Waals surface area contributed by atoms with Crippen LogP contribution >= 0.6 is 0 Å². The number of hydrogen-bond donors (Lipinski definition) is 2. The third kappa shape index (κ3) is 5.21. The molecule has 1 aromatic carbocycles. The van der Waals surface area contributed by atoms with Gasteiger partial charge in [0.15, 0.2) is 5.76 Å². The van der Waals surface area contributed by atoms with E-state index in [0.29, 0.717) is 5.69 Å². The van der Waals surface area contributed by atoms with Gasteiger partial charge in [0.2, 0.25) is 21.8 Å². The summed E-state index contributed by atoms with van der Waals surface area (Å²) >= 11 is 0. The van der Waals surface area contributed by atoms with E-state index < -0.39 is 22.0 Å². The van der Waals surface area contributed by atoms with E-state index in [2.05, 4.69) is 15.2 Å². The van der Waals surface area contributed by atoms with Crippen LogP contribution in [-0.4, -0.2) is 49.9 Å². The summed E-state index contributed by atoms with van der Waals surface area (Å²) in [6.07, 6.45) is 0. The van der Waals surface area contributed by atoms with Crippen molar-refractivity contribution in [2.24, 2.45) is 0 Å². The monoisotopic (exact) mass is 422 g/mol. The van der Waals surface area contributed by atoms with Crippen molar-refractivity contribution in [1.82, 2.24) is 14.8 Å². The van der Waals surface area contributed by atoms with Crippen molar-refractivity contribution in [2.75, 3.05) is 18.9 Å². The number of carbonyl (C=O) groups excluding carboxylic acids is 2. The first-order chi connectivity index (χ1) is 13.4. The smallest absolute Gasteiger partial charge is 0.246 e. The van der Waals surface area contributed by atoms with Crippen molar-refractivity contribution in [2.45, 2.75) is 45.6 Å². The summed E-state index contributed by atoms with van der Waals surface area (Å²) in [6.45, 7) is 7.93. The van der Waals surface area contributed by atoms with Gasteiger partial charge in [0, 0.05) is 12.7 Å². The Morgan fingerprint density at radius 2 is 1.76 bits per heavy atom. The fourth-order valence-corrected chi connectivity index (χ4v) is 4.54. The van der Waals surface area contributed by atoms with Crippen LogP contribution in [0.15, 0.2) is 27.6 Å². The summed E-state index contributed by atoms with van der Waals surface area (Å²) < 4.78 is 32.3. The molecule has 1 heterocycles. The first-order valence-electron chi connectivity index (χ1n) is 9.00. The predicted octanol–water partition coefficient (Wildman–Crippen LogP) is 1.67. The fourth-order valence-electron chi connectivity index (χ4n) is 3.01. The highest BCUT2D eigenvalue weighted by Gasteiger charge is 2.29. The highest BCUT2D eigenvalue weighted by Crippen LogP contribution is 2.20. The maximum absolute atomic E-state index is 12.6. The fraction of sp³-hybridized carbons (Fsp3) is 0.421. The average Bonchev–Trinajstić information content (AvgIpc) is 2.96.